The molecule has 2 N–H and O–H groups in total. The third kappa shape index (κ3) is 1.82. The SMILES string of the molecule is CC(Cn1c(N)nc2ccc(C#N)cc21)C1CC1. The van der Waals surface area contributed by atoms with Crippen LogP contribution in [-0.2, 0) is 6.54 Å². The van der Waals surface area contributed by atoms with Crippen LogP contribution in [0, 0.1) is 23.2 Å². The van der Waals surface area contributed by atoms with Crippen molar-refractivity contribution in [3.63, 3.8) is 0 Å². The molecule has 1 heterocycles. The number of imidazole rings is 1. The Kier molecular flexibility index (Phi) is 2.48. The zero-order valence-corrected chi connectivity index (χ0v) is 10.4. The van der Waals surface area contributed by atoms with Gasteiger partial charge in [-0.2, -0.15) is 5.26 Å². The molecule has 0 saturated heterocycles. The van der Waals surface area contributed by atoms with Crippen LogP contribution in [0.4, 0.5) is 5.95 Å². The molecule has 1 saturated carbocycles. The lowest BCUT2D eigenvalue weighted by Gasteiger charge is -2.13. The zero-order chi connectivity index (χ0) is 12.7. The fourth-order valence-corrected chi connectivity index (χ4v) is 2.51. The molecule has 3 rings (SSSR count). The lowest BCUT2D eigenvalue weighted by atomic mass is 10.1. The number of fused-ring (bicyclic) bond motifs is 1. The van der Waals surface area contributed by atoms with Crippen molar-refractivity contribution in [2.45, 2.75) is 26.3 Å². The first-order valence-corrected chi connectivity index (χ1v) is 6.35. The van der Waals surface area contributed by atoms with Crippen LogP contribution in [0.5, 0.6) is 0 Å². The molecule has 1 atom stereocenters. The maximum atomic E-state index is 8.96. The third-order valence-electron chi connectivity index (χ3n) is 3.80. The lowest BCUT2D eigenvalue weighted by Crippen LogP contribution is -2.11. The van der Waals surface area contributed by atoms with E-state index in [0.717, 1.165) is 23.5 Å². The van der Waals surface area contributed by atoms with E-state index < -0.39 is 0 Å². The minimum absolute atomic E-state index is 0.549. The summed E-state index contributed by atoms with van der Waals surface area (Å²) in [6.45, 7) is 3.15. The molecular weight excluding hydrogens is 224 g/mol. The highest BCUT2D eigenvalue weighted by Crippen LogP contribution is 2.38. The number of nitrogen functional groups attached to an aromatic ring is 1. The van der Waals surface area contributed by atoms with E-state index in [1.54, 1.807) is 6.07 Å². The normalized spacial score (nSPS) is 16.7. The largest absolute Gasteiger partial charge is 0.369 e. The van der Waals surface area contributed by atoms with Gasteiger partial charge in [0.2, 0.25) is 5.95 Å². The Morgan fingerprint density at radius 3 is 3.00 bits per heavy atom. The molecule has 0 spiro atoms. The maximum Gasteiger partial charge on any atom is 0.201 e. The van der Waals surface area contributed by atoms with Crippen LogP contribution < -0.4 is 5.73 Å². The molecule has 1 aliphatic rings. The minimum atomic E-state index is 0.549. The van der Waals surface area contributed by atoms with Crippen LogP contribution in [0.15, 0.2) is 18.2 Å². The van der Waals surface area contributed by atoms with Crippen LogP contribution in [0.1, 0.15) is 25.3 Å². The van der Waals surface area contributed by atoms with Crippen molar-refractivity contribution in [1.29, 1.82) is 5.26 Å². The fraction of sp³-hybridized carbons (Fsp3) is 0.429. The number of anilines is 1. The summed E-state index contributed by atoms with van der Waals surface area (Å²) in [6.07, 6.45) is 2.66. The summed E-state index contributed by atoms with van der Waals surface area (Å²) in [4.78, 5) is 4.35. The van der Waals surface area contributed by atoms with Gasteiger partial charge in [0.1, 0.15) is 0 Å². The summed E-state index contributed by atoms with van der Waals surface area (Å²) in [6, 6.07) is 7.68. The van der Waals surface area contributed by atoms with Crippen LogP contribution in [-0.4, -0.2) is 9.55 Å². The van der Waals surface area contributed by atoms with E-state index in [1.807, 2.05) is 16.7 Å². The smallest absolute Gasteiger partial charge is 0.201 e. The second kappa shape index (κ2) is 4.02. The third-order valence-corrected chi connectivity index (χ3v) is 3.80. The Balaban J connectivity index is 2.03. The molecule has 4 nitrogen and oxygen atoms in total. The topological polar surface area (TPSA) is 67.6 Å². The van der Waals surface area contributed by atoms with E-state index in [4.69, 9.17) is 11.0 Å². The molecule has 18 heavy (non-hydrogen) atoms. The van der Waals surface area contributed by atoms with Gasteiger partial charge in [0, 0.05) is 6.54 Å². The minimum Gasteiger partial charge on any atom is -0.369 e. The van der Waals surface area contributed by atoms with Gasteiger partial charge in [-0.3, -0.25) is 0 Å². The first-order chi connectivity index (χ1) is 8.69. The molecule has 0 radical (unpaired) electrons. The summed E-state index contributed by atoms with van der Waals surface area (Å²) in [5.74, 6) is 2.00. The van der Waals surface area contributed by atoms with E-state index in [1.165, 1.54) is 12.8 Å². The number of rotatable bonds is 3. The molecule has 1 fully saturated rings. The molecule has 0 aliphatic heterocycles. The van der Waals surface area contributed by atoms with E-state index in [2.05, 4.69) is 18.0 Å². The molecule has 4 heteroatoms. The van der Waals surface area contributed by atoms with Gasteiger partial charge in [0.25, 0.3) is 0 Å². The predicted molar refractivity (Wildman–Crippen MR) is 70.7 cm³/mol. The molecule has 1 aliphatic carbocycles. The average molecular weight is 240 g/mol. The van der Waals surface area contributed by atoms with Gasteiger partial charge in [-0.25, -0.2) is 4.98 Å². The highest BCUT2D eigenvalue weighted by atomic mass is 15.2. The van der Waals surface area contributed by atoms with Crippen molar-refractivity contribution in [3.05, 3.63) is 23.8 Å². The van der Waals surface area contributed by atoms with Crippen molar-refractivity contribution >= 4 is 17.0 Å². The van der Waals surface area contributed by atoms with Crippen LogP contribution >= 0.6 is 0 Å². The number of nitrogens with zero attached hydrogens (tertiary/aromatic N) is 3. The Morgan fingerprint density at radius 2 is 2.33 bits per heavy atom. The molecule has 2 aromatic rings. The standard InChI is InChI=1S/C14H16N4/c1-9(11-3-4-11)8-18-13-6-10(7-15)2-5-12(13)17-14(18)16/h2,5-6,9,11H,3-4,8H2,1H3,(H2,16,17). The van der Waals surface area contributed by atoms with E-state index in [-0.39, 0.29) is 0 Å². The van der Waals surface area contributed by atoms with Gasteiger partial charge in [-0.05, 0) is 42.9 Å². The van der Waals surface area contributed by atoms with E-state index in [9.17, 15) is 0 Å². The molecule has 92 valence electrons. The molecular formula is C14H16N4. The monoisotopic (exact) mass is 240 g/mol. The number of hydrogen-bond acceptors (Lipinski definition) is 3. The van der Waals surface area contributed by atoms with Crippen molar-refractivity contribution < 1.29 is 0 Å². The lowest BCUT2D eigenvalue weighted by molar-refractivity contribution is 0.439. The van der Waals surface area contributed by atoms with E-state index >= 15 is 0 Å². The number of nitrogens with two attached hydrogens (primary N) is 1. The van der Waals surface area contributed by atoms with Crippen molar-refractivity contribution in [1.82, 2.24) is 9.55 Å². The summed E-state index contributed by atoms with van der Waals surface area (Å²) in [5.41, 5.74) is 8.48. The Morgan fingerprint density at radius 1 is 1.56 bits per heavy atom. The molecule has 1 aromatic carbocycles. The van der Waals surface area contributed by atoms with Gasteiger partial charge in [0.05, 0.1) is 22.7 Å². The molecule has 1 aromatic heterocycles. The van der Waals surface area contributed by atoms with Crippen LogP contribution in [0.25, 0.3) is 11.0 Å². The van der Waals surface area contributed by atoms with Gasteiger partial charge in [0.15, 0.2) is 0 Å². The summed E-state index contributed by atoms with van der Waals surface area (Å²) >= 11 is 0. The summed E-state index contributed by atoms with van der Waals surface area (Å²) < 4.78 is 2.04. The number of hydrogen-bond donors (Lipinski definition) is 1. The Labute approximate surface area is 106 Å². The van der Waals surface area contributed by atoms with Crippen molar-refractivity contribution in [3.8, 4) is 6.07 Å². The second-order valence-corrected chi connectivity index (χ2v) is 5.21. The molecule has 0 amide bonds. The molecule has 1 unspecified atom stereocenters. The van der Waals surface area contributed by atoms with Gasteiger partial charge in [-0.1, -0.05) is 6.92 Å². The number of benzene rings is 1. The van der Waals surface area contributed by atoms with Crippen molar-refractivity contribution in [2.24, 2.45) is 11.8 Å². The van der Waals surface area contributed by atoms with Crippen LogP contribution in [0.3, 0.4) is 0 Å². The van der Waals surface area contributed by atoms with Gasteiger partial charge in [-0.15, -0.1) is 0 Å². The van der Waals surface area contributed by atoms with Gasteiger partial charge < -0.3 is 10.3 Å². The summed E-state index contributed by atoms with van der Waals surface area (Å²) in [7, 11) is 0. The molecule has 0 bridgehead atoms. The van der Waals surface area contributed by atoms with E-state index in [0.29, 0.717) is 17.4 Å². The highest BCUT2D eigenvalue weighted by Gasteiger charge is 2.28. The zero-order valence-electron chi connectivity index (χ0n) is 10.4. The Bertz CT molecular complexity index is 631. The van der Waals surface area contributed by atoms with Gasteiger partial charge >= 0.3 is 0 Å². The fourth-order valence-electron chi connectivity index (χ4n) is 2.51. The Hall–Kier alpha value is -2.02. The predicted octanol–water partition coefficient (Wildman–Crippen LogP) is 2.54. The second-order valence-electron chi connectivity index (χ2n) is 5.21. The van der Waals surface area contributed by atoms with Crippen LogP contribution in [0.2, 0.25) is 0 Å². The number of nitriles is 1. The summed E-state index contributed by atoms with van der Waals surface area (Å²) in [5, 5.41) is 8.96. The quantitative estimate of drug-likeness (QED) is 0.896. The first kappa shape index (κ1) is 11.1. The highest BCUT2D eigenvalue weighted by molar-refractivity contribution is 5.79. The number of aromatic nitrogens is 2. The average Bonchev–Trinajstić information content (AvgIpc) is 3.16. The maximum absolute atomic E-state index is 8.96. The first-order valence-electron chi connectivity index (χ1n) is 6.35. The van der Waals surface area contributed by atoms with Crippen molar-refractivity contribution in [2.75, 3.05) is 5.73 Å².